The van der Waals surface area contributed by atoms with Crippen molar-refractivity contribution in [2.45, 2.75) is 6.92 Å². The van der Waals surface area contributed by atoms with Gasteiger partial charge in [-0.3, -0.25) is 0 Å². The first kappa shape index (κ1) is 16.8. The van der Waals surface area contributed by atoms with Crippen molar-refractivity contribution in [2.75, 3.05) is 30.3 Å². The van der Waals surface area contributed by atoms with E-state index in [2.05, 4.69) is 20.6 Å². The zero-order valence-corrected chi connectivity index (χ0v) is 14.9. The van der Waals surface area contributed by atoms with E-state index in [0.29, 0.717) is 34.6 Å². The summed E-state index contributed by atoms with van der Waals surface area (Å²) in [5, 5.41) is 6.40. The van der Waals surface area contributed by atoms with E-state index >= 15 is 0 Å². The number of methoxy groups -OCH3 is 1. The van der Waals surface area contributed by atoms with E-state index < -0.39 is 0 Å². The first-order valence-electron chi connectivity index (χ1n) is 8.33. The number of nitrogen functional groups attached to an aromatic ring is 1. The molecule has 1 aliphatic heterocycles. The number of aromatic nitrogens is 2. The van der Waals surface area contributed by atoms with Gasteiger partial charge in [0, 0.05) is 11.8 Å². The monoisotopic (exact) mass is 365 g/mol. The molecule has 4 N–H and O–H groups in total. The first-order chi connectivity index (χ1) is 13.1. The van der Waals surface area contributed by atoms with Crippen LogP contribution in [0.4, 0.5) is 28.7 Å². The zero-order valence-electron chi connectivity index (χ0n) is 14.9. The molecule has 0 saturated heterocycles. The number of fused-ring (bicyclic) bond motifs is 1. The van der Waals surface area contributed by atoms with Gasteiger partial charge in [-0.2, -0.15) is 0 Å². The van der Waals surface area contributed by atoms with Gasteiger partial charge in [-0.25, -0.2) is 9.97 Å². The summed E-state index contributed by atoms with van der Waals surface area (Å²) >= 11 is 0. The molecule has 0 amide bonds. The fraction of sp³-hybridized carbons (Fsp3) is 0.158. The van der Waals surface area contributed by atoms with Crippen molar-refractivity contribution < 1.29 is 14.2 Å². The minimum atomic E-state index is 0.223. The highest BCUT2D eigenvalue weighted by molar-refractivity contribution is 5.81. The third-order valence-electron chi connectivity index (χ3n) is 4.13. The van der Waals surface area contributed by atoms with Crippen LogP contribution < -0.4 is 30.6 Å². The van der Waals surface area contributed by atoms with Crippen LogP contribution in [0, 0.1) is 6.92 Å². The summed E-state index contributed by atoms with van der Waals surface area (Å²) in [6.07, 6.45) is 1.44. The van der Waals surface area contributed by atoms with Crippen LogP contribution in [-0.2, 0) is 0 Å². The second kappa shape index (κ2) is 6.91. The number of nitrogens with one attached hydrogen (secondary N) is 2. The molecular formula is C19H19N5O3. The van der Waals surface area contributed by atoms with E-state index in [1.165, 1.54) is 6.33 Å². The molecule has 0 unspecified atom stereocenters. The molecule has 1 aliphatic rings. The maximum absolute atomic E-state index is 6.27. The number of rotatable bonds is 5. The molecule has 0 aliphatic carbocycles. The Balaban J connectivity index is 1.61. The van der Waals surface area contributed by atoms with Gasteiger partial charge in [0.15, 0.2) is 23.1 Å². The smallest absolute Gasteiger partial charge is 0.231 e. The molecule has 0 spiro atoms. The summed E-state index contributed by atoms with van der Waals surface area (Å²) in [5.74, 6) is 3.06. The third-order valence-corrected chi connectivity index (χ3v) is 4.13. The van der Waals surface area contributed by atoms with Crippen LogP contribution in [0.5, 0.6) is 17.2 Å². The number of nitrogens with zero attached hydrogens (tertiary/aromatic N) is 2. The Kier molecular flexibility index (Phi) is 4.29. The van der Waals surface area contributed by atoms with Crippen molar-refractivity contribution in [1.29, 1.82) is 0 Å². The van der Waals surface area contributed by atoms with Crippen molar-refractivity contribution in [3.63, 3.8) is 0 Å². The Morgan fingerprint density at radius 2 is 1.78 bits per heavy atom. The minimum absolute atomic E-state index is 0.223. The van der Waals surface area contributed by atoms with Gasteiger partial charge in [0.05, 0.1) is 12.8 Å². The highest BCUT2D eigenvalue weighted by Gasteiger charge is 2.15. The van der Waals surface area contributed by atoms with E-state index in [4.69, 9.17) is 19.9 Å². The fourth-order valence-corrected chi connectivity index (χ4v) is 2.75. The number of anilines is 5. The topological polar surface area (TPSA) is 104 Å². The molecule has 4 rings (SSSR count). The lowest BCUT2D eigenvalue weighted by Gasteiger charge is -2.15. The highest BCUT2D eigenvalue weighted by Crippen LogP contribution is 2.36. The molecular weight excluding hydrogens is 346 g/mol. The summed E-state index contributed by atoms with van der Waals surface area (Å²) < 4.78 is 16.1. The number of nitrogens with two attached hydrogens (primary N) is 1. The normalized spacial score (nSPS) is 11.9. The van der Waals surface area contributed by atoms with Crippen LogP contribution >= 0.6 is 0 Å². The predicted molar refractivity (Wildman–Crippen MR) is 103 cm³/mol. The van der Waals surface area contributed by atoms with Gasteiger partial charge in [0.25, 0.3) is 0 Å². The fourth-order valence-electron chi connectivity index (χ4n) is 2.75. The van der Waals surface area contributed by atoms with Gasteiger partial charge in [0.1, 0.15) is 17.8 Å². The number of aryl methyl sites for hydroxylation is 1. The maximum atomic E-state index is 6.27. The lowest BCUT2D eigenvalue weighted by atomic mass is 10.2. The molecule has 8 heteroatoms. The molecule has 1 aromatic heterocycles. The molecule has 0 fully saturated rings. The van der Waals surface area contributed by atoms with Gasteiger partial charge in [-0.15, -0.1) is 0 Å². The van der Waals surface area contributed by atoms with Crippen molar-refractivity contribution in [2.24, 2.45) is 0 Å². The molecule has 8 nitrogen and oxygen atoms in total. The predicted octanol–water partition coefficient (Wildman–Crippen LogP) is 3.59. The number of ether oxygens (including phenoxy) is 3. The largest absolute Gasteiger partial charge is 0.495 e. The van der Waals surface area contributed by atoms with E-state index in [9.17, 15) is 0 Å². The van der Waals surface area contributed by atoms with Gasteiger partial charge in [0.2, 0.25) is 6.79 Å². The van der Waals surface area contributed by atoms with Gasteiger partial charge in [-0.1, -0.05) is 6.07 Å². The van der Waals surface area contributed by atoms with Crippen LogP contribution in [-0.4, -0.2) is 23.9 Å². The van der Waals surface area contributed by atoms with E-state index in [1.807, 2.05) is 43.3 Å². The van der Waals surface area contributed by atoms with Gasteiger partial charge in [-0.05, 0) is 36.8 Å². The number of benzene rings is 2. The Labute approximate surface area is 156 Å². The van der Waals surface area contributed by atoms with E-state index in [1.54, 1.807) is 7.11 Å². The SMILES string of the molecule is COc1ccc(C)cc1Nc1ncnc(Nc2ccc3c(c2)OCO3)c1N. The lowest BCUT2D eigenvalue weighted by Crippen LogP contribution is -2.06. The average Bonchev–Trinajstić information content (AvgIpc) is 3.13. The number of hydrogen-bond donors (Lipinski definition) is 3. The van der Waals surface area contributed by atoms with Crippen LogP contribution in [0.3, 0.4) is 0 Å². The van der Waals surface area contributed by atoms with E-state index in [0.717, 1.165) is 16.9 Å². The zero-order chi connectivity index (χ0) is 18.8. The van der Waals surface area contributed by atoms with Crippen LogP contribution in [0.25, 0.3) is 0 Å². The second-order valence-corrected chi connectivity index (χ2v) is 6.01. The summed E-state index contributed by atoms with van der Waals surface area (Å²) in [5.41, 5.74) is 9.31. The lowest BCUT2D eigenvalue weighted by molar-refractivity contribution is 0.174. The van der Waals surface area contributed by atoms with Crippen LogP contribution in [0.2, 0.25) is 0 Å². The van der Waals surface area contributed by atoms with Crippen LogP contribution in [0.15, 0.2) is 42.7 Å². The number of hydrogen-bond acceptors (Lipinski definition) is 8. The minimum Gasteiger partial charge on any atom is -0.495 e. The van der Waals surface area contributed by atoms with Crippen molar-refractivity contribution in [3.05, 3.63) is 48.3 Å². The average molecular weight is 365 g/mol. The molecule has 0 saturated carbocycles. The summed E-state index contributed by atoms with van der Waals surface area (Å²) in [7, 11) is 1.62. The quantitative estimate of drug-likeness (QED) is 0.630. The maximum Gasteiger partial charge on any atom is 0.231 e. The van der Waals surface area contributed by atoms with Gasteiger partial charge >= 0.3 is 0 Å². The summed E-state index contributed by atoms with van der Waals surface area (Å²) in [6.45, 7) is 2.22. The molecule has 3 aromatic rings. The molecule has 138 valence electrons. The molecule has 2 aromatic carbocycles. The first-order valence-corrected chi connectivity index (χ1v) is 8.33. The Bertz CT molecular complexity index is 993. The van der Waals surface area contributed by atoms with Gasteiger partial charge < -0.3 is 30.6 Å². The molecule has 0 bridgehead atoms. The van der Waals surface area contributed by atoms with Crippen molar-refractivity contribution in [3.8, 4) is 17.2 Å². The van der Waals surface area contributed by atoms with E-state index in [-0.39, 0.29) is 6.79 Å². The van der Waals surface area contributed by atoms with Crippen molar-refractivity contribution >= 4 is 28.7 Å². The molecule has 0 radical (unpaired) electrons. The highest BCUT2D eigenvalue weighted by atomic mass is 16.7. The van der Waals surface area contributed by atoms with Crippen LogP contribution in [0.1, 0.15) is 5.56 Å². The standard InChI is InChI=1S/C19H19N5O3/c1-11-3-5-14(25-2)13(7-11)24-19-17(20)18(21-9-22-19)23-12-4-6-15-16(8-12)27-10-26-15/h3-9H,10,20H2,1-2H3,(H2,21,22,23,24). The summed E-state index contributed by atoms with van der Waals surface area (Å²) in [4.78, 5) is 8.49. The second-order valence-electron chi connectivity index (χ2n) is 6.01. The molecule has 0 atom stereocenters. The summed E-state index contributed by atoms with van der Waals surface area (Å²) in [6, 6.07) is 11.4. The molecule has 27 heavy (non-hydrogen) atoms. The van der Waals surface area contributed by atoms with Crippen molar-refractivity contribution in [1.82, 2.24) is 9.97 Å². The Morgan fingerprint density at radius 3 is 2.59 bits per heavy atom. The third kappa shape index (κ3) is 3.37. The Hall–Kier alpha value is -3.68. The Morgan fingerprint density at radius 1 is 1.00 bits per heavy atom. The molecule has 2 heterocycles.